The smallest absolute Gasteiger partial charge is 0.254 e. The van der Waals surface area contributed by atoms with Crippen molar-refractivity contribution >= 4 is 17.4 Å². The molecule has 28 heavy (non-hydrogen) atoms. The van der Waals surface area contributed by atoms with Crippen molar-refractivity contribution in [1.82, 2.24) is 9.88 Å². The van der Waals surface area contributed by atoms with Gasteiger partial charge >= 0.3 is 0 Å². The number of carbonyl (C=O) groups excluding carboxylic acids is 1. The van der Waals surface area contributed by atoms with Gasteiger partial charge in [0.1, 0.15) is 5.82 Å². The molecule has 3 heterocycles. The quantitative estimate of drug-likeness (QED) is 0.816. The first-order chi connectivity index (χ1) is 13.7. The SMILES string of the molecule is Cc1cccc(N2CCN(C(=O)c3ccnc(N4CCCCCC4)c3)CC2)c1. The summed E-state index contributed by atoms with van der Waals surface area (Å²) in [7, 11) is 0. The number of hydrogen-bond donors (Lipinski definition) is 0. The molecule has 0 aliphatic carbocycles. The number of carbonyl (C=O) groups is 1. The Balaban J connectivity index is 1.40. The van der Waals surface area contributed by atoms with E-state index < -0.39 is 0 Å². The van der Waals surface area contributed by atoms with E-state index in [0.29, 0.717) is 0 Å². The standard InChI is InChI=1S/C23H30N4O/c1-19-7-6-8-21(17-19)25-13-15-27(16-14-25)23(28)20-9-10-24-22(18-20)26-11-4-2-3-5-12-26/h6-10,17-18H,2-5,11-16H2,1H3. The molecule has 0 atom stereocenters. The van der Waals surface area contributed by atoms with Crippen LogP contribution in [0.3, 0.4) is 0 Å². The van der Waals surface area contributed by atoms with Crippen molar-refractivity contribution < 1.29 is 4.79 Å². The summed E-state index contributed by atoms with van der Waals surface area (Å²) in [5.41, 5.74) is 3.28. The maximum absolute atomic E-state index is 13.1. The molecule has 1 aromatic heterocycles. The molecule has 2 aromatic rings. The van der Waals surface area contributed by atoms with Gasteiger partial charge in [0, 0.05) is 56.7 Å². The second kappa shape index (κ2) is 8.63. The number of pyridine rings is 1. The third-order valence-electron chi connectivity index (χ3n) is 5.86. The monoisotopic (exact) mass is 378 g/mol. The second-order valence-corrected chi connectivity index (χ2v) is 7.92. The summed E-state index contributed by atoms with van der Waals surface area (Å²) in [5, 5.41) is 0. The third-order valence-corrected chi connectivity index (χ3v) is 5.86. The molecule has 2 aliphatic heterocycles. The van der Waals surface area contributed by atoms with Gasteiger partial charge in [0.15, 0.2) is 0 Å². The Morgan fingerprint density at radius 2 is 1.61 bits per heavy atom. The number of piperazine rings is 1. The normalized spacial score (nSPS) is 18.1. The van der Waals surface area contributed by atoms with Crippen LogP contribution in [0, 0.1) is 6.92 Å². The van der Waals surface area contributed by atoms with Gasteiger partial charge in [-0.25, -0.2) is 4.98 Å². The average Bonchev–Trinajstić information content (AvgIpc) is 3.03. The van der Waals surface area contributed by atoms with E-state index in [-0.39, 0.29) is 5.91 Å². The first kappa shape index (κ1) is 18.8. The fourth-order valence-electron chi connectivity index (χ4n) is 4.20. The number of amides is 1. The topological polar surface area (TPSA) is 39.7 Å². The van der Waals surface area contributed by atoms with E-state index in [1.807, 2.05) is 17.0 Å². The Bertz CT molecular complexity index is 806. The summed E-state index contributed by atoms with van der Waals surface area (Å²) >= 11 is 0. The van der Waals surface area contributed by atoms with Crippen LogP contribution in [0.1, 0.15) is 41.6 Å². The van der Waals surface area contributed by atoms with Crippen LogP contribution in [0.5, 0.6) is 0 Å². The lowest BCUT2D eigenvalue weighted by molar-refractivity contribution is 0.0746. The van der Waals surface area contributed by atoms with Gasteiger partial charge in [-0.3, -0.25) is 4.79 Å². The number of hydrogen-bond acceptors (Lipinski definition) is 4. The zero-order valence-corrected chi connectivity index (χ0v) is 16.8. The molecule has 0 radical (unpaired) electrons. The van der Waals surface area contributed by atoms with Gasteiger partial charge in [-0.2, -0.15) is 0 Å². The molecular weight excluding hydrogens is 348 g/mol. The van der Waals surface area contributed by atoms with Gasteiger partial charge in [-0.05, 0) is 49.6 Å². The van der Waals surface area contributed by atoms with Crippen LogP contribution in [0.25, 0.3) is 0 Å². The van der Waals surface area contributed by atoms with Crippen molar-refractivity contribution in [3.63, 3.8) is 0 Å². The highest BCUT2D eigenvalue weighted by molar-refractivity contribution is 5.95. The lowest BCUT2D eigenvalue weighted by atomic mass is 10.1. The first-order valence-corrected chi connectivity index (χ1v) is 10.5. The lowest BCUT2D eigenvalue weighted by Crippen LogP contribution is -2.48. The number of anilines is 2. The zero-order chi connectivity index (χ0) is 19.3. The van der Waals surface area contributed by atoms with E-state index in [0.717, 1.165) is 50.6 Å². The maximum Gasteiger partial charge on any atom is 0.254 e. The molecule has 2 aliphatic rings. The van der Waals surface area contributed by atoms with Crippen LogP contribution < -0.4 is 9.80 Å². The van der Waals surface area contributed by atoms with Crippen LogP contribution in [0.15, 0.2) is 42.6 Å². The molecule has 0 spiro atoms. The molecule has 0 N–H and O–H groups in total. The van der Waals surface area contributed by atoms with Crippen LogP contribution in [-0.4, -0.2) is 55.1 Å². The highest BCUT2D eigenvalue weighted by atomic mass is 16.2. The van der Waals surface area contributed by atoms with Crippen molar-refractivity contribution in [2.75, 3.05) is 49.1 Å². The fourth-order valence-corrected chi connectivity index (χ4v) is 4.20. The number of aryl methyl sites for hydroxylation is 1. The number of aromatic nitrogens is 1. The molecule has 0 bridgehead atoms. The van der Waals surface area contributed by atoms with Gasteiger partial charge in [-0.1, -0.05) is 25.0 Å². The number of nitrogens with zero attached hydrogens (tertiary/aromatic N) is 4. The van der Waals surface area contributed by atoms with Gasteiger partial charge in [0.25, 0.3) is 5.91 Å². The molecule has 2 saturated heterocycles. The molecule has 148 valence electrons. The van der Waals surface area contributed by atoms with Gasteiger partial charge in [0.05, 0.1) is 0 Å². The molecule has 0 unspecified atom stereocenters. The second-order valence-electron chi connectivity index (χ2n) is 7.92. The molecular formula is C23H30N4O. The Kier molecular flexibility index (Phi) is 5.79. The predicted molar refractivity (Wildman–Crippen MR) is 114 cm³/mol. The van der Waals surface area contributed by atoms with E-state index in [2.05, 4.69) is 46.0 Å². The lowest BCUT2D eigenvalue weighted by Gasteiger charge is -2.36. The maximum atomic E-state index is 13.1. The van der Waals surface area contributed by atoms with Gasteiger partial charge < -0.3 is 14.7 Å². The summed E-state index contributed by atoms with van der Waals surface area (Å²) in [6.07, 6.45) is 6.79. The zero-order valence-electron chi connectivity index (χ0n) is 16.8. The van der Waals surface area contributed by atoms with Crippen LogP contribution in [-0.2, 0) is 0 Å². The molecule has 4 rings (SSSR count). The van der Waals surface area contributed by atoms with Crippen molar-refractivity contribution in [2.24, 2.45) is 0 Å². The Morgan fingerprint density at radius 3 is 2.32 bits per heavy atom. The van der Waals surface area contributed by atoms with E-state index in [9.17, 15) is 4.79 Å². The minimum absolute atomic E-state index is 0.127. The summed E-state index contributed by atoms with van der Waals surface area (Å²) in [6, 6.07) is 12.4. The van der Waals surface area contributed by atoms with Crippen molar-refractivity contribution in [3.05, 3.63) is 53.7 Å². The predicted octanol–water partition coefficient (Wildman–Crippen LogP) is 3.73. The van der Waals surface area contributed by atoms with Crippen molar-refractivity contribution in [2.45, 2.75) is 32.6 Å². The minimum atomic E-state index is 0.127. The van der Waals surface area contributed by atoms with Crippen LogP contribution in [0.2, 0.25) is 0 Å². The highest BCUT2D eigenvalue weighted by Gasteiger charge is 2.23. The summed E-state index contributed by atoms with van der Waals surface area (Å²) in [4.78, 5) is 24.3. The third kappa shape index (κ3) is 4.29. The van der Waals surface area contributed by atoms with E-state index in [4.69, 9.17) is 0 Å². The summed E-state index contributed by atoms with van der Waals surface area (Å²) < 4.78 is 0. The molecule has 5 heteroatoms. The molecule has 1 amide bonds. The largest absolute Gasteiger partial charge is 0.368 e. The fraction of sp³-hybridized carbons (Fsp3) is 0.478. The average molecular weight is 379 g/mol. The van der Waals surface area contributed by atoms with E-state index in [1.54, 1.807) is 6.20 Å². The molecule has 5 nitrogen and oxygen atoms in total. The number of benzene rings is 1. The van der Waals surface area contributed by atoms with Crippen LogP contribution in [0.4, 0.5) is 11.5 Å². The highest BCUT2D eigenvalue weighted by Crippen LogP contribution is 2.21. The van der Waals surface area contributed by atoms with Crippen LogP contribution >= 0.6 is 0 Å². The Labute approximate surface area is 168 Å². The Morgan fingerprint density at radius 1 is 0.857 bits per heavy atom. The molecule has 0 saturated carbocycles. The minimum Gasteiger partial charge on any atom is -0.368 e. The molecule has 1 aromatic carbocycles. The summed E-state index contributed by atoms with van der Waals surface area (Å²) in [5.74, 6) is 1.08. The van der Waals surface area contributed by atoms with Crippen molar-refractivity contribution in [3.8, 4) is 0 Å². The van der Waals surface area contributed by atoms with E-state index >= 15 is 0 Å². The Hall–Kier alpha value is -2.56. The van der Waals surface area contributed by atoms with Crippen molar-refractivity contribution in [1.29, 1.82) is 0 Å². The van der Waals surface area contributed by atoms with E-state index in [1.165, 1.54) is 36.9 Å². The van der Waals surface area contributed by atoms with Gasteiger partial charge in [0.2, 0.25) is 0 Å². The first-order valence-electron chi connectivity index (χ1n) is 10.5. The summed E-state index contributed by atoms with van der Waals surface area (Å²) in [6.45, 7) is 7.47. The van der Waals surface area contributed by atoms with Gasteiger partial charge in [-0.15, -0.1) is 0 Å². The number of rotatable bonds is 3. The molecule has 2 fully saturated rings.